The number of aromatic nitrogens is 2. The van der Waals surface area contributed by atoms with Gasteiger partial charge in [-0.1, -0.05) is 5.04 Å². The molecule has 10 nitrogen and oxygen atoms in total. The second-order valence-electron chi connectivity index (χ2n) is 8.62. The van der Waals surface area contributed by atoms with Gasteiger partial charge in [0.15, 0.2) is 5.75 Å². The van der Waals surface area contributed by atoms with Crippen LogP contribution in [0.2, 0.25) is 0 Å². The lowest BCUT2D eigenvalue weighted by atomic mass is 9.96. The van der Waals surface area contributed by atoms with Crippen LogP contribution in [-0.2, 0) is 5.04 Å². The zero-order chi connectivity index (χ0) is 24.2. The Hall–Kier alpha value is -3.96. The third-order valence-corrected chi connectivity index (χ3v) is 5.89. The van der Waals surface area contributed by atoms with Crippen LogP contribution in [0.3, 0.4) is 0 Å². The summed E-state index contributed by atoms with van der Waals surface area (Å²) in [5.41, 5.74) is 3.09. The normalized spacial score (nSPS) is 14.9. The van der Waals surface area contributed by atoms with Gasteiger partial charge in [-0.3, -0.25) is 9.59 Å². The van der Waals surface area contributed by atoms with Gasteiger partial charge in [0.2, 0.25) is 0 Å². The molecule has 0 unspecified atom stereocenters. The number of hydrogen-bond donors (Lipinski definition) is 2. The molecule has 34 heavy (non-hydrogen) atoms. The van der Waals surface area contributed by atoms with E-state index in [1.165, 1.54) is 0 Å². The molecule has 2 N–H and O–H groups in total. The van der Waals surface area contributed by atoms with E-state index in [1.54, 1.807) is 65.4 Å². The van der Waals surface area contributed by atoms with Crippen molar-refractivity contribution in [2.45, 2.75) is 26.4 Å². The van der Waals surface area contributed by atoms with E-state index in [-0.39, 0.29) is 24.6 Å². The number of β-amino-alcohol motifs (C(OH)–C–C–N with tert-alkyl or cyclic N) is 1. The summed E-state index contributed by atoms with van der Waals surface area (Å²) in [5.74, 6) is 0.233. The van der Waals surface area contributed by atoms with Crippen molar-refractivity contribution in [3.8, 4) is 11.5 Å². The molecule has 3 aromatic heterocycles. The number of amides is 2. The van der Waals surface area contributed by atoms with Crippen LogP contribution in [0.15, 0.2) is 41.1 Å². The molecule has 11 heteroatoms. The minimum absolute atomic E-state index is 0.154. The average Bonchev–Trinajstić information content (AvgIpc) is 3.28. The minimum atomic E-state index is -0.864. The van der Waals surface area contributed by atoms with E-state index in [2.05, 4.69) is 10.1 Å². The molecule has 0 radical (unpaired) electrons. The molecule has 4 heterocycles. The fourth-order valence-electron chi connectivity index (χ4n) is 4.37. The lowest BCUT2D eigenvalue weighted by Gasteiger charge is -2.44. The van der Waals surface area contributed by atoms with Gasteiger partial charge in [0.05, 0.1) is 36.0 Å². The van der Waals surface area contributed by atoms with Crippen molar-refractivity contribution in [2.75, 3.05) is 13.1 Å². The van der Waals surface area contributed by atoms with Crippen LogP contribution < -0.4 is 10.2 Å². The van der Waals surface area contributed by atoms with E-state index < -0.39 is 11.5 Å². The molecule has 5 rings (SSSR count). The number of carbonyl (C=O) groups excluding carboxylic acids is 2. The monoisotopic (exact) mass is 468 g/mol. The predicted octanol–water partition coefficient (Wildman–Crippen LogP) is 3.24. The number of halogens is 1. The number of hydroxylamine groups is 1. The van der Waals surface area contributed by atoms with Gasteiger partial charge in [0.25, 0.3) is 11.8 Å². The highest BCUT2D eigenvalue weighted by Crippen LogP contribution is 2.34. The first-order chi connectivity index (χ1) is 16.2. The zero-order valence-corrected chi connectivity index (χ0v) is 18.6. The maximum absolute atomic E-state index is 12.9. The first-order valence-electron chi connectivity index (χ1n) is 10.5. The number of aliphatic hydroxyl groups is 1. The van der Waals surface area contributed by atoms with Gasteiger partial charge >= 0.3 is 0 Å². The van der Waals surface area contributed by atoms with Crippen molar-refractivity contribution >= 4 is 28.3 Å². The lowest BCUT2D eigenvalue weighted by molar-refractivity contribution is -0.176. The summed E-state index contributed by atoms with van der Waals surface area (Å²) >= 11 is 0. The van der Waals surface area contributed by atoms with E-state index in [0.717, 1.165) is 0 Å². The standard InChI is InChI=1S/C23H21FN4O6/c1-12-16(22(30)27-10-23(3,31)11-27)9-28-20(12)17(6-7-25-28)33-14-4-5-15-18(8-14)32-13(2)19(15)21(29)26-34-24/h4-9,31H,10-11H2,1-3H3,(H,26,29). The number of fused-ring (bicyclic) bond motifs is 2. The third kappa shape index (κ3) is 3.55. The Balaban J connectivity index is 1.48. The zero-order valence-electron chi connectivity index (χ0n) is 18.6. The van der Waals surface area contributed by atoms with Crippen molar-refractivity contribution in [1.29, 1.82) is 0 Å². The maximum Gasteiger partial charge on any atom is 0.281 e. The second-order valence-corrected chi connectivity index (χ2v) is 8.62. The first kappa shape index (κ1) is 21.9. The Morgan fingerprint density at radius 3 is 2.74 bits per heavy atom. The van der Waals surface area contributed by atoms with E-state index in [0.29, 0.717) is 44.9 Å². The number of ether oxygens (including phenoxy) is 1. The predicted molar refractivity (Wildman–Crippen MR) is 117 cm³/mol. The number of furan rings is 1. The highest BCUT2D eigenvalue weighted by Gasteiger charge is 2.40. The summed E-state index contributed by atoms with van der Waals surface area (Å²) in [5, 5.41) is 18.0. The highest BCUT2D eigenvalue weighted by molar-refractivity contribution is 6.07. The van der Waals surface area contributed by atoms with Gasteiger partial charge in [-0.05, 0) is 43.0 Å². The Bertz CT molecular complexity index is 1450. The van der Waals surface area contributed by atoms with Gasteiger partial charge in [-0.15, -0.1) is 0 Å². The van der Waals surface area contributed by atoms with E-state index >= 15 is 0 Å². The largest absolute Gasteiger partial charge is 0.460 e. The number of rotatable bonds is 5. The summed E-state index contributed by atoms with van der Waals surface area (Å²) < 4.78 is 25.4. The van der Waals surface area contributed by atoms with Gasteiger partial charge in [0.1, 0.15) is 22.6 Å². The average molecular weight is 468 g/mol. The molecule has 2 amide bonds. The quantitative estimate of drug-likeness (QED) is 0.432. The van der Waals surface area contributed by atoms with Gasteiger partial charge in [-0.25, -0.2) is 4.52 Å². The number of likely N-dealkylation sites (tertiary alicyclic amines) is 1. The van der Waals surface area contributed by atoms with Crippen LogP contribution in [-0.4, -0.2) is 50.1 Å². The van der Waals surface area contributed by atoms with Crippen LogP contribution in [0.25, 0.3) is 16.5 Å². The Morgan fingerprint density at radius 2 is 2.03 bits per heavy atom. The Labute approximate surface area is 192 Å². The number of nitrogens with zero attached hydrogens (tertiary/aromatic N) is 3. The molecule has 1 saturated heterocycles. The number of aryl methyl sites for hydroxylation is 2. The summed E-state index contributed by atoms with van der Waals surface area (Å²) in [6, 6.07) is 6.56. The summed E-state index contributed by atoms with van der Waals surface area (Å²) in [7, 11) is 0. The second kappa shape index (κ2) is 7.82. The van der Waals surface area contributed by atoms with Crippen LogP contribution in [0.4, 0.5) is 4.53 Å². The molecule has 0 saturated carbocycles. The number of nitrogens with one attached hydrogen (secondary N) is 1. The molecular weight excluding hydrogens is 447 g/mol. The fourth-order valence-corrected chi connectivity index (χ4v) is 4.37. The molecule has 1 aliphatic heterocycles. The van der Waals surface area contributed by atoms with Crippen LogP contribution in [0.5, 0.6) is 11.5 Å². The van der Waals surface area contributed by atoms with Crippen LogP contribution in [0, 0.1) is 13.8 Å². The molecule has 0 aliphatic carbocycles. The molecule has 1 fully saturated rings. The number of carbonyl (C=O) groups is 2. The number of hydrogen-bond acceptors (Lipinski definition) is 7. The van der Waals surface area contributed by atoms with Crippen molar-refractivity contribution in [2.24, 2.45) is 0 Å². The van der Waals surface area contributed by atoms with Crippen molar-refractivity contribution in [3.63, 3.8) is 0 Å². The smallest absolute Gasteiger partial charge is 0.281 e. The Morgan fingerprint density at radius 1 is 1.26 bits per heavy atom. The first-order valence-corrected chi connectivity index (χ1v) is 10.5. The molecule has 1 aromatic carbocycles. The molecule has 4 aromatic rings. The summed E-state index contributed by atoms with van der Waals surface area (Å²) in [4.78, 5) is 26.5. The third-order valence-electron chi connectivity index (χ3n) is 5.89. The molecule has 176 valence electrons. The summed E-state index contributed by atoms with van der Waals surface area (Å²) in [6.45, 7) is 5.63. The molecule has 0 spiro atoms. The van der Waals surface area contributed by atoms with Crippen molar-refractivity contribution in [1.82, 2.24) is 20.0 Å². The van der Waals surface area contributed by atoms with Gasteiger partial charge in [-0.2, -0.15) is 10.6 Å². The number of benzene rings is 1. The highest BCUT2D eigenvalue weighted by atomic mass is 19.3. The van der Waals surface area contributed by atoms with Crippen LogP contribution >= 0.6 is 0 Å². The SMILES string of the molecule is Cc1oc2cc(Oc3ccnn4cc(C(=O)N5CC(C)(O)C5)c(C)c34)ccc2c1C(=O)NOF. The molecule has 0 atom stereocenters. The molecule has 1 aliphatic rings. The van der Waals surface area contributed by atoms with Gasteiger partial charge < -0.3 is 19.2 Å². The van der Waals surface area contributed by atoms with E-state index in [9.17, 15) is 19.2 Å². The topological polar surface area (TPSA) is 119 Å². The minimum Gasteiger partial charge on any atom is -0.460 e. The Kier molecular flexibility index (Phi) is 5.03. The van der Waals surface area contributed by atoms with Crippen LogP contribution in [0.1, 0.15) is 39.0 Å². The van der Waals surface area contributed by atoms with Crippen molar-refractivity contribution < 1.29 is 33.4 Å². The fraction of sp³-hybridized carbons (Fsp3) is 0.261. The van der Waals surface area contributed by atoms with Gasteiger partial charge in [0, 0.05) is 23.7 Å². The van der Waals surface area contributed by atoms with E-state index in [4.69, 9.17) is 9.15 Å². The lowest BCUT2D eigenvalue weighted by Crippen LogP contribution is -2.61. The summed E-state index contributed by atoms with van der Waals surface area (Å²) in [6.07, 6.45) is 3.20. The molecular formula is C23H21FN4O6. The maximum atomic E-state index is 12.9. The van der Waals surface area contributed by atoms with E-state index in [1.807, 2.05) is 6.92 Å². The molecule has 0 bridgehead atoms. The van der Waals surface area contributed by atoms with Crippen molar-refractivity contribution in [3.05, 3.63) is 59.1 Å².